The fourth-order valence-corrected chi connectivity index (χ4v) is 1.75. The van der Waals surface area contributed by atoms with Gasteiger partial charge >= 0.3 is 0 Å². The van der Waals surface area contributed by atoms with Crippen molar-refractivity contribution in [2.24, 2.45) is 5.92 Å². The highest BCUT2D eigenvalue weighted by Gasteiger charge is 2.16. The van der Waals surface area contributed by atoms with Crippen molar-refractivity contribution < 1.29 is 4.79 Å². The molecule has 5 nitrogen and oxygen atoms in total. The first-order valence-corrected chi connectivity index (χ1v) is 5.26. The van der Waals surface area contributed by atoms with Crippen LogP contribution in [-0.4, -0.2) is 35.7 Å². The number of rotatable bonds is 3. The van der Waals surface area contributed by atoms with Crippen LogP contribution in [0.3, 0.4) is 0 Å². The summed E-state index contributed by atoms with van der Waals surface area (Å²) in [7, 11) is 0. The molecule has 1 aliphatic rings. The van der Waals surface area contributed by atoms with E-state index in [1.807, 2.05) is 6.92 Å². The summed E-state index contributed by atoms with van der Waals surface area (Å²) in [5.41, 5.74) is 1.38. The average Bonchev–Trinajstić information content (AvgIpc) is 2.84. The number of carbonyl (C=O) groups excluding carboxylic acids is 1. The molecule has 2 heterocycles. The molecule has 1 aliphatic heterocycles. The molecule has 82 valence electrons. The smallest absolute Gasteiger partial charge is 0.271 e. The highest BCUT2D eigenvalue weighted by atomic mass is 16.1. The molecule has 0 aromatic carbocycles. The second-order valence-corrected chi connectivity index (χ2v) is 4.01. The van der Waals surface area contributed by atoms with Gasteiger partial charge in [-0.15, -0.1) is 0 Å². The quantitative estimate of drug-likeness (QED) is 0.657. The van der Waals surface area contributed by atoms with E-state index in [0.717, 1.165) is 31.7 Å². The highest BCUT2D eigenvalue weighted by molar-refractivity contribution is 5.92. The lowest BCUT2D eigenvalue weighted by Gasteiger charge is -2.08. The van der Waals surface area contributed by atoms with Crippen molar-refractivity contribution >= 4 is 5.91 Å². The molecule has 5 heteroatoms. The Bertz CT molecular complexity index is 341. The van der Waals surface area contributed by atoms with Crippen LogP contribution < -0.4 is 10.6 Å². The Hall–Kier alpha value is -1.36. The zero-order valence-corrected chi connectivity index (χ0v) is 8.84. The van der Waals surface area contributed by atoms with Crippen molar-refractivity contribution in [2.45, 2.75) is 13.3 Å². The highest BCUT2D eigenvalue weighted by Crippen LogP contribution is 2.05. The van der Waals surface area contributed by atoms with Crippen molar-refractivity contribution in [1.82, 2.24) is 20.8 Å². The Balaban J connectivity index is 1.81. The number of hydrogen-bond acceptors (Lipinski definition) is 3. The van der Waals surface area contributed by atoms with E-state index in [4.69, 9.17) is 0 Å². The van der Waals surface area contributed by atoms with Gasteiger partial charge in [0.15, 0.2) is 0 Å². The monoisotopic (exact) mass is 208 g/mol. The molecule has 1 amide bonds. The minimum absolute atomic E-state index is 0.0914. The van der Waals surface area contributed by atoms with E-state index in [9.17, 15) is 4.79 Å². The number of aromatic nitrogens is 2. The Labute approximate surface area is 88.6 Å². The third kappa shape index (κ3) is 2.56. The first kappa shape index (κ1) is 10.2. The number of H-pyrrole nitrogens is 1. The van der Waals surface area contributed by atoms with Gasteiger partial charge in [-0.05, 0) is 38.4 Å². The number of hydrogen-bond donors (Lipinski definition) is 3. The summed E-state index contributed by atoms with van der Waals surface area (Å²) in [4.78, 5) is 11.6. The first-order valence-electron chi connectivity index (χ1n) is 5.26. The third-order valence-electron chi connectivity index (χ3n) is 2.65. The largest absolute Gasteiger partial charge is 0.350 e. The van der Waals surface area contributed by atoms with E-state index < -0.39 is 0 Å². The lowest BCUT2D eigenvalue weighted by Crippen LogP contribution is -2.30. The van der Waals surface area contributed by atoms with Gasteiger partial charge in [0.05, 0.1) is 0 Å². The molecule has 0 saturated carbocycles. The van der Waals surface area contributed by atoms with Crippen molar-refractivity contribution in [1.29, 1.82) is 0 Å². The van der Waals surface area contributed by atoms with Crippen molar-refractivity contribution in [3.63, 3.8) is 0 Å². The zero-order chi connectivity index (χ0) is 10.7. The van der Waals surface area contributed by atoms with Gasteiger partial charge < -0.3 is 10.6 Å². The van der Waals surface area contributed by atoms with Crippen LogP contribution in [0.25, 0.3) is 0 Å². The predicted octanol–water partition coefficient (Wildman–Crippen LogP) is 0.0574. The van der Waals surface area contributed by atoms with Gasteiger partial charge in [0, 0.05) is 12.2 Å². The Morgan fingerprint density at radius 1 is 1.73 bits per heavy atom. The fourth-order valence-electron chi connectivity index (χ4n) is 1.75. The van der Waals surface area contributed by atoms with Gasteiger partial charge in [-0.25, -0.2) is 0 Å². The van der Waals surface area contributed by atoms with Gasteiger partial charge in [-0.1, -0.05) is 0 Å². The Morgan fingerprint density at radius 3 is 3.20 bits per heavy atom. The van der Waals surface area contributed by atoms with Gasteiger partial charge in [0.25, 0.3) is 5.91 Å². The van der Waals surface area contributed by atoms with Gasteiger partial charge in [-0.2, -0.15) is 5.10 Å². The molecular weight excluding hydrogens is 192 g/mol. The molecule has 0 bridgehead atoms. The number of aromatic amines is 1. The predicted molar refractivity (Wildman–Crippen MR) is 56.6 cm³/mol. The number of aryl methyl sites for hydroxylation is 1. The third-order valence-corrected chi connectivity index (χ3v) is 2.65. The van der Waals surface area contributed by atoms with E-state index >= 15 is 0 Å². The summed E-state index contributed by atoms with van der Waals surface area (Å²) >= 11 is 0. The summed E-state index contributed by atoms with van der Waals surface area (Å²) < 4.78 is 0. The molecule has 2 rings (SSSR count). The van der Waals surface area contributed by atoms with Gasteiger partial charge in [0.2, 0.25) is 0 Å². The minimum Gasteiger partial charge on any atom is -0.350 e. The molecular formula is C10H16N4O. The van der Waals surface area contributed by atoms with Crippen molar-refractivity contribution in [2.75, 3.05) is 19.6 Å². The number of nitrogens with zero attached hydrogens (tertiary/aromatic N) is 1. The second kappa shape index (κ2) is 4.44. The summed E-state index contributed by atoms with van der Waals surface area (Å²) in [6.45, 7) is 4.67. The maximum atomic E-state index is 11.6. The standard InChI is InChI=1S/C10H16N4O/c1-7-4-9(14-13-7)10(15)12-6-8-2-3-11-5-8/h4,8,11H,2-3,5-6H2,1H3,(H,12,15)(H,13,14). The maximum Gasteiger partial charge on any atom is 0.271 e. The van der Waals surface area contributed by atoms with Crippen LogP contribution in [0.1, 0.15) is 22.6 Å². The molecule has 1 unspecified atom stereocenters. The van der Waals surface area contributed by atoms with Crippen molar-refractivity contribution in [3.05, 3.63) is 17.5 Å². The van der Waals surface area contributed by atoms with E-state index in [0.29, 0.717) is 11.6 Å². The normalized spacial score (nSPS) is 20.5. The molecule has 1 saturated heterocycles. The maximum absolute atomic E-state index is 11.6. The number of nitrogens with one attached hydrogen (secondary N) is 3. The lowest BCUT2D eigenvalue weighted by molar-refractivity contribution is 0.0943. The summed E-state index contributed by atoms with van der Waals surface area (Å²) in [5, 5.41) is 12.8. The molecule has 3 N–H and O–H groups in total. The number of carbonyl (C=O) groups is 1. The molecule has 1 aromatic rings. The SMILES string of the molecule is Cc1cc(C(=O)NCC2CCNC2)n[nH]1. The Morgan fingerprint density at radius 2 is 2.60 bits per heavy atom. The molecule has 1 atom stereocenters. The van der Waals surface area contributed by atoms with E-state index in [-0.39, 0.29) is 5.91 Å². The van der Waals surface area contributed by atoms with Crippen LogP contribution in [0.15, 0.2) is 6.07 Å². The molecule has 1 aromatic heterocycles. The van der Waals surface area contributed by atoms with E-state index in [1.54, 1.807) is 6.07 Å². The lowest BCUT2D eigenvalue weighted by atomic mass is 10.1. The van der Waals surface area contributed by atoms with Crippen LogP contribution in [0.5, 0.6) is 0 Å². The Kier molecular flexibility index (Phi) is 3.01. The topological polar surface area (TPSA) is 69.8 Å². The van der Waals surface area contributed by atoms with Crippen LogP contribution in [-0.2, 0) is 0 Å². The van der Waals surface area contributed by atoms with Gasteiger partial charge in [0.1, 0.15) is 5.69 Å². The van der Waals surface area contributed by atoms with E-state index in [1.165, 1.54) is 0 Å². The molecule has 15 heavy (non-hydrogen) atoms. The van der Waals surface area contributed by atoms with Crippen LogP contribution >= 0.6 is 0 Å². The molecule has 1 fully saturated rings. The summed E-state index contributed by atoms with van der Waals surface area (Å²) in [5.74, 6) is 0.472. The van der Waals surface area contributed by atoms with Gasteiger partial charge in [-0.3, -0.25) is 9.89 Å². The van der Waals surface area contributed by atoms with Crippen LogP contribution in [0.4, 0.5) is 0 Å². The summed E-state index contributed by atoms with van der Waals surface area (Å²) in [6.07, 6.45) is 1.14. The average molecular weight is 208 g/mol. The summed E-state index contributed by atoms with van der Waals surface area (Å²) in [6, 6.07) is 1.75. The number of amides is 1. The minimum atomic E-state index is -0.0914. The van der Waals surface area contributed by atoms with Crippen LogP contribution in [0.2, 0.25) is 0 Å². The van der Waals surface area contributed by atoms with Crippen LogP contribution in [0, 0.1) is 12.8 Å². The molecule has 0 spiro atoms. The van der Waals surface area contributed by atoms with Crippen molar-refractivity contribution in [3.8, 4) is 0 Å². The zero-order valence-electron chi connectivity index (χ0n) is 8.84. The second-order valence-electron chi connectivity index (χ2n) is 4.01. The molecule has 0 radical (unpaired) electrons. The van der Waals surface area contributed by atoms with E-state index in [2.05, 4.69) is 20.8 Å². The molecule has 0 aliphatic carbocycles. The first-order chi connectivity index (χ1) is 7.25. The fraction of sp³-hybridized carbons (Fsp3) is 0.600.